The SMILES string of the molecule is CC1CC(Nc2ccc(Br)cc2C#N)CC(C)(C)C1. The summed E-state index contributed by atoms with van der Waals surface area (Å²) in [6.45, 7) is 7.00. The topological polar surface area (TPSA) is 35.8 Å². The first-order valence-electron chi connectivity index (χ1n) is 6.86. The predicted octanol–water partition coefficient (Wildman–Crippen LogP) is 4.95. The van der Waals surface area contributed by atoms with Gasteiger partial charge in [0.05, 0.1) is 11.3 Å². The van der Waals surface area contributed by atoms with Gasteiger partial charge in [0.25, 0.3) is 0 Å². The second-order valence-corrected chi connectivity index (χ2v) is 7.47. The normalized spacial score (nSPS) is 25.6. The molecule has 0 aromatic heterocycles. The fourth-order valence-corrected chi connectivity index (χ4v) is 3.77. The number of nitrogens with zero attached hydrogens (tertiary/aromatic N) is 1. The summed E-state index contributed by atoms with van der Waals surface area (Å²) in [5, 5.41) is 12.8. The zero-order valence-electron chi connectivity index (χ0n) is 11.8. The van der Waals surface area contributed by atoms with Gasteiger partial charge < -0.3 is 5.32 Å². The summed E-state index contributed by atoms with van der Waals surface area (Å²) in [4.78, 5) is 0. The fourth-order valence-electron chi connectivity index (χ4n) is 3.41. The van der Waals surface area contributed by atoms with E-state index in [2.05, 4.69) is 48.1 Å². The summed E-state index contributed by atoms with van der Waals surface area (Å²) < 4.78 is 0.951. The van der Waals surface area contributed by atoms with Gasteiger partial charge in [-0.3, -0.25) is 0 Å². The van der Waals surface area contributed by atoms with Crippen LogP contribution in [0.25, 0.3) is 0 Å². The summed E-state index contributed by atoms with van der Waals surface area (Å²) in [5.74, 6) is 0.738. The average molecular weight is 321 g/mol. The van der Waals surface area contributed by atoms with E-state index in [0.29, 0.717) is 17.0 Å². The first kappa shape index (κ1) is 14.4. The molecule has 0 aliphatic heterocycles. The molecular weight excluding hydrogens is 300 g/mol. The Morgan fingerprint density at radius 3 is 2.74 bits per heavy atom. The monoisotopic (exact) mass is 320 g/mol. The van der Waals surface area contributed by atoms with Crippen molar-refractivity contribution in [2.45, 2.75) is 46.1 Å². The van der Waals surface area contributed by atoms with Gasteiger partial charge in [-0.15, -0.1) is 0 Å². The standard InChI is InChI=1S/C16H21BrN2/c1-11-6-14(9-16(2,3)8-11)19-15-5-4-13(17)7-12(15)10-18/h4-5,7,11,14,19H,6,8-9H2,1-3H3. The van der Waals surface area contributed by atoms with E-state index in [9.17, 15) is 5.26 Å². The van der Waals surface area contributed by atoms with Crippen molar-refractivity contribution in [3.05, 3.63) is 28.2 Å². The number of hydrogen-bond donors (Lipinski definition) is 1. The smallest absolute Gasteiger partial charge is 0.101 e. The summed E-state index contributed by atoms with van der Waals surface area (Å²) in [7, 11) is 0. The molecule has 0 spiro atoms. The van der Waals surface area contributed by atoms with Gasteiger partial charge in [0.2, 0.25) is 0 Å². The minimum absolute atomic E-state index is 0.386. The maximum absolute atomic E-state index is 9.22. The van der Waals surface area contributed by atoms with Crippen LogP contribution in [0.15, 0.2) is 22.7 Å². The number of rotatable bonds is 2. The highest BCUT2D eigenvalue weighted by Gasteiger charge is 2.32. The molecule has 0 radical (unpaired) electrons. The molecule has 2 atom stereocenters. The van der Waals surface area contributed by atoms with E-state index < -0.39 is 0 Å². The second kappa shape index (κ2) is 5.54. The number of nitriles is 1. The molecule has 1 saturated carbocycles. The Morgan fingerprint density at radius 1 is 1.37 bits per heavy atom. The quantitative estimate of drug-likeness (QED) is 0.837. The third-order valence-corrected chi connectivity index (χ3v) is 4.34. The van der Waals surface area contributed by atoms with E-state index >= 15 is 0 Å². The number of anilines is 1. The molecule has 2 nitrogen and oxygen atoms in total. The molecule has 1 aromatic carbocycles. The second-order valence-electron chi connectivity index (χ2n) is 6.56. The zero-order chi connectivity index (χ0) is 14.0. The van der Waals surface area contributed by atoms with Crippen molar-refractivity contribution in [2.75, 3.05) is 5.32 Å². The first-order valence-corrected chi connectivity index (χ1v) is 7.65. The molecule has 3 heteroatoms. The molecule has 0 heterocycles. The van der Waals surface area contributed by atoms with Crippen LogP contribution in [0.5, 0.6) is 0 Å². The van der Waals surface area contributed by atoms with Gasteiger partial charge in [0.1, 0.15) is 6.07 Å². The molecule has 2 unspecified atom stereocenters. The molecule has 1 aromatic rings. The van der Waals surface area contributed by atoms with Crippen LogP contribution < -0.4 is 5.32 Å². The van der Waals surface area contributed by atoms with E-state index in [0.717, 1.165) is 22.5 Å². The van der Waals surface area contributed by atoms with Crippen LogP contribution >= 0.6 is 15.9 Å². The minimum atomic E-state index is 0.386. The van der Waals surface area contributed by atoms with Crippen LogP contribution in [0.1, 0.15) is 45.6 Å². The van der Waals surface area contributed by atoms with Gasteiger partial charge in [0.15, 0.2) is 0 Å². The van der Waals surface area contributed by atoms with E-state index in [-0.39, 0.29) is 0 Å². The van der Waals surface area contributed by atoms with Crippen molar-refractivity contribution in [1.29, 1.82) is 5.26 Å². The molecule has 102 valence electrons. The highest BCUT2D eigenvalue weighted by Crippen LogP contribution is 2.39. The maximum Gasteiger partial charge on any atom is 0.101 e. The van der Waals surface area contributed by atoms with Crippen molar-refractivity contribution >= 4 is 21.6 Å². The van der Waals surface area contributed by atoms with Gasteiger partial charge >= 0.3 is 0 Å². The fraction of sp³-hybridized carbons (Fsp3) is 0.562. The van der Waals surface area contributed by atoms with Crippen LogP contribution in [-0.2, 0) is 0 Å². The Labute approximate surface area is 124 Å². The molecule has 0 saturated heterocycles. The van der Waals surface area contributed by atoms with Gasteiger partial charge in [-0.2, -0.15) is 5.26 Å². The maximum atomic E-state index is 9.22. The van der Waals surface area contributed by atoms with Gasteiger partial charge in [-0.25, -0.2) is 0 Å². The van der Waals surface area contributed by atoms with Crippen molar-refractivity contribution in [2.24, 2.45) is 11.3 Å². The van der Waals surface area contributed by atoms with E-state index in [4.69, 9.17) is 0 Å². The van der Waals surface area contributed by atoms with Crippen LogP contribution in [-0.4, -0.2) is 6.04 Å². The lowest BCUT2D eigenvalue weighted by Crippen LogP contribution is -2.35. The van der Waals surface area contributed by atoms with Gasteiger partial charge in [-0.1, -0.05) is 36.7 Å². The van der Waals surface area contributed by atoms with E-state index in [1.54, 1.807) is 0 Å². The number of hydrogen-bond acceptors (Lipinski definition) is 2. The predicted molar refractivity (Wildman–Crippen MR) is 83.1 cm³/mol. The Morgan fingerprint density at radius 2 is 2.11 bits per heavy atom. The van der Waals surface area contributed by atoms with Crippen molar-refractivity contribution in [3.63, 3.8) is 0 Å². The molecule has 1 aliphatic carbocycles. The van der Waals surface area contributed by atoms with Gasteiger partial charge in [0, 0.05) is 10.5 Å². The first-order chi connectivity index (χ1) is 8.89. The molecule has 0 amide bonds. The average Bonchev–Trinajstić information content (AvgIpc) is 2.28. The minimum Gasteiger partial charge on any atom is -0.381 e. The molecule has 19 heavy (non-hydrogen) atoms. The molecule has 0 bridgehead atoms. The Hall–Kier alpha value is -1.01. The number of nitrogens with one attached hydrogen (secondary N) is 1. The lowest BCUT2D eigenvalue weighted by atomic mass is 9.70. The highest BCUT2D eigenvalue weighted by atomic mass is 79.9. The van der Waals surface area contributed by atoms with Crippen LogP contribution in [0.3, 0.4) is 0 Å². The van der Waals surface area contributed by atoms with E-state index in [1.165, 1.54) is 12.8 Å². The lowest BCUT2D eigenvalue weighted by Gasteiger charge is -2.39. The molecule has 1 aliphatic rings. The molecule has 2 rings (SSSR count). The largest absolute Gasteiger partial charge is 0.381 e. The molecule has 1 fully saturated rings. The highest BCUT2D eigenvalue weighted by molar-refractivity contribution is 9.10. The summed E-state index contributed by atoms with van der Waals surface area (Å²) in [6, 6.07) is 8.59. The van der Waals surface area contributed by atoms with Crippen LogP contribution in [0.4, 0.5) is 5.69 Å². The Balaban J connectivity index is 2.15. The van der Waals surface area contributed by atoms with Crippen molar-refractivity contribution < 1.29 is 0 Å². The summed E-state index contributed by atoms with van der Waals surface area (Å²) in [5.41, 5.74) is 2.06. The summed E-state index contributed by atoms with van der Waals surface area (Å²) in [6.07, 6.45) is 3.64. The van der Waals surface area contributed by atoms with Crippen LogP contribution in [0.2, 0.25) is 0 Å². The van der Waals surface area contributed by atoms with Crippen molar-refractivity contribution in [3.8, 4) is 6.07 Å². The Bertz CT molecular complexity index is 502. The van der Waals surface area contributed by atoms with Gasteiger partial charge in [-0.05, 0) is 48.8 Å². The Kier molecular flexibility index (Phi) is 4.20. The molecule has 1 N–H and O–H groups in total. The lowest BCUT2D eigenvalue weighted by molar-refractivity contribution is 0.178. The van der Waals surface area contributed by atoms with Crippen molar-refractivity contribution in [1.82, 2.24) is 0 Å². The number of halogens is 1. The summed E-state index contributed by atoms with van der Waals surface area (Å²) >= 11 is 3.41. The van der Waals surface area contributed by atoms with Crippen LogP contribution in [0, 0.1) is 22.7 Å². The third-order valence-electron chi connectivity index (χ3n) is 3.85. The number of benzene rings is 1. The third kappa shape index (κ3) is 3.73. The molecular formula is C16H21BrN2. The zero-order valence-corrected chi connectivity index (χ0v) is 13.4. The van der Waals surface area contributed by atoms with E-state index in [1.807, 2.05) is 18.2 Å².